The minimum Gasteiger partial charge on any atom is -0.494 e. The van der Waals surface area contributed by atoms with Gasteiger partial charge in [-0.2, -0.15) is 9.97 Å². The van der Waals surface area contributed by atoms with Crippen molar-refractivity contribution in [3.63, 3.8) is 0 Å². The average Bonchev–Trinajstić information content (AvgIpc) is 2.88. The maximum Gasteiger partial charge on any atom is 0.231 e. The fourth-order valence-corrected chi connectivity index (χ4v) is 5.36. The highest BCUT2D eigenvalue weighted by Crippen LogP contribution is 2.36. The Hall–Kier alpha value is -3.28. The summed E-state index contributed by atoms with van der Waals surface area (Å²) in [5.41, 5.74) is 7.99. The summed E-state index contributed by atoms with van der Waals surface area (Å²) in [4.78, 5) is 11.0. The van der Waals surface area contributed by atoms with Crippen molar-refractivity contribution in [3.05, 3.63) is 47.5 Å². The smallest absolute Gasteiger partial charge is 0.231 e. The first kappa shape index (κ1) is 26.8. The Morgan fingerprint density at radius 2 is 1.81 bits per heavy atom. The number of hydrogen-bond acceptors (Lipinski definition) is 10. The third-order valence-electron chi connectivity index (χ3n) is 6.21. The van der Waals surface area contributed by atoms with Gasteiger partial charge >= 0.3 is 0 Å². The van der Waals surface area contributed by atoms with Gasteiger partial charge in [-0.3, -0.25) is 0 Å². The normalized spacial score (nSPS) is 14.6. The number of sulfone groups is 1. The standard InChI is InChI=1S/C25H31ClN6O4S/c1-15(2)37(34,35)21-7-5-4-6-19(21)28-24-22(26)23(27)30-25(31-24)29-18-9-8-16(14-20(18)36-3)32-12-10-17(33)11-13-32/h4-9,14-15,17,33H,10-13H2,1-3H3,(H4,27,28,29,30,31). The monoisotopic (exact) mass is 546 g/mol. The fourth-order valence-electron chi connectivity index (χ4n) is 4.03. The zero-order valence-corrected chi connectivity index (χ0v) is 22.5. The second-order valence-corrected chi connectivity index (χ2v) is 11.9. The van der Waals surface area contributed by atoms with Crippen molar-refractivity contribution < 1.29 is 18.3 Å². The number of nitrogens with two attached hydrogens (primary N) is 1. The molecule has 3 aromatic rings. The molecule has 0 amide bonds. The lowest BCUT2D eigenvalue weighted by atomic mass is 10.1. The zero-order valence-electron chi connectivity index (χ0n) is 20.9. The van der Waals surface area contributed by atoms with Gasteiger partial charge in [-0.15, -0.1) is 0 Å². The Bertz CT molecular complexity index is 1380. The van der Waals surface area contributed by atoms with Crippen LogP contribution in [0.4, 0.5) is 34.6 Å². The van der Waals surface area contributed by atoms with Crippen LogP contribution in [0.5, 0.6) is 5.75 Å². The van der Waals surface area contributed by atoms with Gasteiger partial charge in [0.1, 0.15) is 16.6 Å². The predicted molar refractivity (Wildman–Crippen MR) is 147 cm³/mol. The number of piperidine rings is 1. The number of nitrogen functional groups attached to an aromatic ring is 1. The molecule has 0 aliphatic carbocycles. The number of methoxy groups -OCH3 is 1. The molecule has 4 rings (SSSR count). The fraction of sp³-hybridized carbons (Fsp3) is 0.360. The van der Waals surface area contributed by atoms with Crippen LogP contribution in [-0.2, 0) is 9.84 Å². The highest BCUT2D eigenvalue weighted by molar-refractivity contribution is 7.92. The van der Waals surface area contributed by atoms with E-state index in [2.05, 4.69) is 25.5 Å². The molecule has 1 aliphatic heterocycles. The van der Waals surface area contributed by atoms with Crippen LogP contribution in [0, 0.1) is 0 Å². The van der Waals surface area contributed by atoms with Crippen LogP contribution in [0.15, 0.2) is 47.4 Å². The summed E-state index contributed by atoms with van der Waals surface area (Å²) in [6.45, 7) is 4.77. The van der Waals surface area contributed by atoms with E-state index in [4.69, 9.17) is 22.1 Å². The van der Waals surface area contributed by atoms with Crippen molar-refractivity contribution >= 4 is 56.1 Å². The molecule has 198 valence electrons. The van der Waals surface area contributed by atoms with Crippen LogP contribution in [0.2, 0.25) is 5.02 Å². The van der Waals surface area contributed by atoms with E-state index in [1.165, 1.54) is 6.07 Å². The number of halogens is 1. The van der Waals surface area contributed by atoms with Crippen molar-refractivity contribution in [3.8, 4) is 5.75 Å². The van der Waals surface area contributed by atoms with E-state index in [9.17, 15) is 13.5 Å². The number of rotatable bonds is 8. The zero-order chi connectivity index (χ0) is 26.7. The van der Waals surface area contributed by atoms with Crippen molar-refractivity contribution in [2.75, 3.05) is 41.5 Å². The topological polar surface area (TPSA) is 143 Å². The predicted octanol–water partition coefficient (Wildman–Crippen LogP) is 4.35. The van der Waals surface area contributed by atoms with E-state index in [0.29, 0.717) is 17.1 Å². The highest BCUT2D eigenvalue weighted by Gasteiger charge is 2.24. The lowest BCUT2D eigenvalue weighted by Gasteiger charge is -2.31. The SMILES string of the molecule is COc1cc(N2CCC(O)CC2)ccc1Nc1nc(N)c(Cl)c(Nc2ccccc2S(=O)(=O)C(C)C)n1. The van der Waals surface area contributed by atoms with Gasteiger partial charge in [-0.05, 0) is 51.0 Å². The Morgan fingerprint density at radius 3 is 2.49 bits per heavy atom. The van der Waals surface area contributed by atoms with Gasteiger partial charge in [0.05, 0.1) is 34.7 Å². The molecule has 0 saturated carbocycles. The number of nitrogens with zero attached hydrogens (tertiary/aromatic N) is 3. The van der Waals surface area contributed by atoms with Crippen molar-refractivity contribution in [2.45, 2.75) is 42.9 Å². The molecule has 0 unspecified atom stereocenters. The maximum atomic E-state index is 12.9. The molecular weight excluding hydrogens is 516 g/mol. The summed E-state index contributed by atoms with van der Waals surface area (Å²) in [5, 5.41) is 15.4. The Balaban J connectivity index is 1.62. The van der Waals surface area contributed by atoms with Gasteiger partial charge in [-0.1, -0.05) is 23.7 Å². The van der Waals surface area contributed by atoms with Crippen LogP contribution in [0.1, 0.15) is 26.7 Å². The van der Waals surface area contributed by atoms with Crippen molar-refractivity contribution in [1.29, 1.82) is 0 Å². The molecule has 37 heavy (non-hydrogen) atoms. The minimum atomic E-state index is -3.57. The first-order valence-electron chi connectivity index (χ1n) is 11.9. The molecule has 12 heteroatoms. The second-order valence-electron chi connectivity index (χ2n) is 9.04. The number of para-hydroxylation sites is 1. The van der Waals surface area contributed by atoms with Crippen LogP contribution < -0.4 is 26.0 Å². The molecule has 2 heterocycles. The number of benzene rings is 2. The summed E-state index contributed by atoms with van der Waals surface area (Å²) in [7, 11) is -2.00. The molecule has 0 bridgehead atoms. The molecule has 5 N–H and O–H groups in total. The van der Waals surface area contributed by atoms with Crippen molar-refractivity contribution in [1.82, 2.24) is 9.97 Å². The second kappa shape index (κ2) is 11.0. The number of nitrogens with one attached hydrogen (secondary N) is 2. The Kier molecular flexibility index (Phi) is 7.96. The lowest BCUT2D eigenvalue weighted by Crippen LogP contribution is -2.35. The molecule has 0 atom stereocenters. The first-order chi connectivity index (χ1) is 17.6. The molecule has 0 spiro atoms. The molecule has 10 nitrogen and oxygen atoms in total. The molecule has 1 fully saturated rings. The number of aliphatic hydroxyl groups excluding tert-OH is 1. The number of ether oxygens (including phenoxy) is 1. The third kappa shape index (κ3) is 5.84. The summed E-state index contributed by atoms with van der Waals surface area (Å²) in [5.74, 6) is 0.906. The third-order valence-corrected chi connectivity index (χ3v) is 8.79. The molecule has 1 aliphatic rings. The van der Waals surface area contributed by atoms with Gasteiger partial charge in [-0.25, -0.2) is 8.42 Å². The van der Waals surface area contributed by atoms with Crippen molar-refractivity contribution in [2.24, 2.45) is 0 Å². The lowest BCUT2D eigenvalue weighted by molar-refractivity contribution is 0.145. The van der Waals surface area contributed by atoms with Crippen LogP contribution in [0.25, 0.3) is 0 Å². The van der Waals surface area contributed by atoms with Crippen LogP contribution in [0.3, 0.4) is 0 Å². The summed E-state index contributed by atoms with van der Waals surface area (Å²) >= 11 is 6.39. The van der Waals surface area contributed by atoms with E-state index in [-0.39, 0.29) is 33.6 Å². The number of anilines is 6. The van der Waals surface area contributed by atoms with Gasteiger partial charge in [0, 0.05) is 24.8 Å². The van der Waals surface area contributed by atoms with E-state index in [1.54, 1.807) is 39.2 Å². The largest absolute Gasteiger partial charge is 0.494 e. The molecule has 2 aromatic carbocycles. The first-order valence-corrected chi connectivity index (χ1v) is 13.8. The molecule has 0 radical (unpaired) electrons. The highest BCUT2D eigenvalue weighted by atomic mass is 35.5. The van der Waals surface area contributed by atoms with E-state index in [0.717, 1.165) is 31.6 Å². The van der Waals surface area contributed by atoms with Gasteiger partial charge in [0.25, 0.3) is 0 Å². The summed E-state index contributed by atoms with van der Waals surface area (Å²) in [6.07, 6.45) is 1.18. The summed E-state index contributed by atoms with van der Waals surface area (Å²) < 4.78 is 31.3. The quantitative estimate of drug-likeness (QED) is 0.322. The Morgan fingerprint density at radius 1 is 1.11 bits per heavy atom. The van der Waals surface area contributed by atoms with Crippen LogP contribution in [-0.4, -0.2) is 55.0 Å². The van der Waals surface area contributed by atoms with Gasteiger partial charge < -0.3 is 31.1 Å². The van der Waals surface area contributed by atoms with Gasteiger partial charge in [0.2, 0.25) is 5.95 Å². The van der Waals surface area contributed by atoms with Gasteiger partial charge in [0.15, 0.2) is 15.7 Å². The number of hydrogen-bond donors (Lipinski definition) is 4. The van der Waals surface area contributed by atoms with E-state index in [1.807, 2.05) is 18.2 Å². The number of aromatic nitrogens is 2. The number of aliphatic hydroxyl groups is 1. The minimum absolute atomic E-state index is 0.0216. The maximum absolute atomic E-state index is 12.9. The molecule has 1 aromatic heterocycles. The van der Waals surface area contributed by atoms with Crippen LogP contribution >= 0.6 is 11.6 Å². The van der Waals surface area contributed by atoms with E-state index >= 15 is 0 Å². The Labute approximate surface area is 221 Å². The summed E-state index contributed by atoms with van der Waals surface area (Å²) in [6, 6.07) is 12.3. The molecular formula is C25H31ClN6O4S. The molecule has 1 saturated heterocycles. The average molecular weight is 547 g/mol. The van der Waals surface area contributed by atoms with E-state index < -0.39 is 15.1 Å².